The predicted octanol–water partition coefficient (Wildman–Crippen LogP) is 6.99. The Bertz CT molecular complexity index is 1120. The van der Waals surface area contributed by atoms with Crippen molar-refractivity contribution in [3.05, 3.63) is 70.5 Å². The highest BCUT2D eigenvalue weighted by Crippen LogP contribution is 2.40. The zero-order chi connectivity index (χ0) is 28.5. The molecule has 1 saturated heterocycles. The second-order valence-electron chi connectivity index (χ2n) is 10.2. The Morgan fingerprint density at radius 3 is 2.18 bits per heavy atom. The van der Waals surface area contributed by atoms with Crippen LogP contribution in [0.1, 0.15) is 66.9 Å². The van der Waals surface area contributed by atoms with E-state index in [0.717, 1.165) is 12.0 Å². The molecule has 5 nitrogen and oxygen atoms in total. The topological polar surface area (TPSA) is 61.8 Å². The third-order valence-electron chi connectivity index (χ3n) is 7.59. The van der Waals surface area contributed by atoms with Gasteiger partial charge >= 0.3 is 18.4 Å². The molecule has 2 N–H and O–H groups in total. The van der Waals surface area contributed by atoms with E-state index in [-0.39, 0.29) is 29.6 Å². The van der Waals surface area contributed by atoms with Gasteiger partial charge in [-0.15, -0.1) is 0 Å². The van der Waals surface area contributed by atoms with Gasteiger partial charge < -0.3 is 15.2 Å². The summed E-state index contributed by atoms with van der Waals surface area (Å²) in [6.07, 6.45) is -10.1. The lowest BCUT2D eigenvalue weighted by molar-refractivity contribution is -0.143. The first-order valence-electron chi connectivity index (χ1n) is 12.6. The minimum absolute atomic E-state index is 0.0874. The van der Waals surface area contributed by atoms with Crippen LogP contribution in [0.4, 0.5) is 35.5 Å². The number of halogens is 7. The van der Waals surface area contributed by atoms with Crippen molar-refractivity contribution in [3.63, 3.8) is 0 Å². The number of likely N-dealkylation sites (tertiary alicyclic amines) is 1. The first-order chi connectivity index (χ1) is 18.2. The van der Waals surface area contributed by atoms with Gasteiger partial charge in [-0.25, -0.2) is 9.18 Å². The van der Waals surface area contributed by atoms with Gasteiger partial charge in [0.15, 0.2) is 0 Å². The Hall–Kier alpha value is -2.86. The van der Waals surface area contributed by atoms with E-state index in [9.17, 15) is 35.5 Å². The predicted molar refractivity (Wildman–Crippen MR) is 128 cm³/mol. The van der Waals surface area contributed by atoms with Crippen molar-refractivity contribution in [2.45, 2.75) is 75.2 Å². The molecule has 1 heterocycles. The van der Waals surface area contributed by atoms with Gasteiger partial charge in [-0.1, -0.05) is 12.1 Å². The standard InChI is InChI=1S/C27H29F7N2O3/c1-15(17-10-18(26(29,30)31)12-19(11-17)27(32,33)34)39-24-8-9-36(22-7-6-21(13-22)35-25(37)38)14-23(24)16-2-4-20(28)5-3-16/h2-5,10-12,15,21-24,35H,6-9,13-14H2,1H3,(H,37,38)/t15-,21-,22?,23-,24+/m1/s1. The van der Waals surface area contributed by atoms with Crippen LogP contribution in [0.3, 0.4) is 0 Å². The summed E-state index contributed by atoms with van der Waals surface area (Å²) in [4.78, 5) is 13.2. The maximum atomic E-state index is 13.6. The summed E-state index contributed by atoms with van der Waals surface area (Å²) in [5, 5.41) is 11.5. The molecule has 12 heteroatoms. The van der Waals surface area contributed by atoms with Gasteiger partial charge in [-0.2, -0.15) is 26.3 Å². The Morgan fingerprint density at radius 2 is 1.62 bits per heavy atom. The van der Waals surface area contributed by atoms with E-state index >= 15 is 0 Å². The quantitative estimate of drug-likeness (QED) is 0.373. The lowest BCUT2D eigenvalue weighted by atomic mass is 9.86. The molecule has 1 aliphatic carbocycles. The summed E-state index contributed by atoms with van der Waals surface area (Å²) in [6, 6.07) is 7.14. The Morgan fingerprint density at radius 1 is 1.00 bits per heavy atom. The van der Waals surface area contributed by atoms with Crippen molar-refractivity contribution in [2.75, 3.05) is 13.1 Å². The van der Waals surface area contributed by atoms with E-state index in [2.05, 4.69) is 10.2 Å². The van der Waals surface area contributed by atoms with E-state index in [4.69, 9.17) is 9.84 Å². The highest BCUT2D eigenvalue weighted by molar-refractivity contribution is 5.64. The Balaban J connectivity index is 1.56. The molecule has 2 fully saturated rings. The van der Waals surface area contributed by atoms with Gasteiger partial charge in [0.05, 0.1) is 23.3 Å². The van der Waals surface area contributed by atoms with Crippen LogP contribution in [0.15, 0.2) is 42.5 Å². The van der Waals surface area contributed by atoms with Crippen LogP contribution in [0.2, 0.25) is 0 Å². The van der Waals surface area contributed by atoms with E-state index in [1.54, 1.807) is 12.1 Å². The molecule has 2 aromatic carbocycles. The van der Waals surface area contributed by atoms with Gasteiger partial charge in [0.1, 0.15) is 5.82 Å². The van der Waals surface area contributed by atoms with E-state index in [1.807, 2.05) is 0 Å². The molecule has 1 aliphatic heterocycles. The second kappa shape index (κ2) is 11.3. The molecule has 0 spiro atoms. The monoisotopic (exact) mass is 562 g/mol. The number of carboxylic acid groups (broad SMARTS) is 1. The maximum absolute atomic E-state index is 13.6. The van der Waals surface area contributed by atoms with Crippen molar-refractivity contribution >= 4 is 6.09 Å². The van der Waals surface area contributed by atoms with Crippen molar-refractivity contribution in [3.8, 4) is 0 Å². The molecule has 1 saturated carbocycles. The number of amides is 1. The van der Waals surface area contributed by atoms with E-state index in [1.165, 1.54) is 19.1 Å². The van der Waals surface area contributed by atoms with Crippen molar-refractivity contribution in [2.24, 2.45) is 0 Å². The van der Waals surface area contributed by atoms with Crippen molar-refractivity contribution in [1.82, 2.24) is 10.2 Å². The first kappa shape index (κ1) is 29.1. The third kappa shape index (κ3) is 7.21. The van der Waals surface area contributed by atoms with Crippen LogP contribution < -0.4 is 5.32 Å². The molecule has 1 amide bonds. The Kier molecular flexibility index (Phi) is 8.46. The number of rotatable bonds is 6. The fourth-order valence-corrected chi connectivity index (χ4v) is 5.63. The molecule has 2 aliphatic rings. The van der Waals surface area contributed by atoms with Crippen LogP contribution >= 0.6 is 0 Å². The smallest absolute Gasteiger partial charge is 0.416 e. The molecular weight excluding hydrogens is 533 g/mol. The van der Waals surface area contributed by atoms with Crippen LogP contribution in [-0.4, -0.2) is 47.4 Å². The summed E-state index contributed by atoms with van der Waals surface area (Å²) in [5.74, 6) is -0.777. The summed E-state index contributed by atoms with van der Waals surface area (Å²) < 4.78 is 100. The number of nitrogens with one attached hydrogen (secondary N) is 1. The molecular formula is C27H29F7N2O3. The van der Waals surface area contributed by atoms with Crippen LogP contribution in [-0.2, 0) is 17.1 Å². The number of alkyl halides is 6. The fraction of sp³-hybridized carbons (Fsp3) is 0.519. The minimum Gasteiger partial charge on any atom is -0.465 e. The number of hydrogen-bond acceptors (Lipinski definition) is 3. The number of hydrogen-bond donors (Lipinski definition) is 2. The number of nitrogens with zero attached hydrogens (tertiary/aromatic N) is 1. The summed E-state index contributed by atoms with van der Waals surface area (Å²) in [6.45, 7) is 2.43. The molecule has 214 valence electrons. The minimum atomic E-state index is -4.97. The fourth-order valence-electron chi connectivity index (χ4n) is 5.63. The van der Waals surface area contributed by atoms with Crippen molar-refractivity contribution < 1.29 is 45.4 Å². The van der Waals surface area contributed by atoms with Gasteiger partial charge in [-0.05, 0) is 74.1 Å². The van der Waals surface area contributed by atoms with Crippen LogP contribution in [0.5, 0.6) is 0 Å². The molecule has 2 aromatic rings. The summed E-state index contributed by atoms with van der Waals surface area (Å²) in [5.41, 5.74) is -2.32. The number of ether oxygens (including phenoxy) is 1. The summed E-state index contributed by atoms with van der Waals surface area (Å²) >= 11 is 0. The zero-order valence-electron chi connectivity index (χ0n) is 21.0. The molecule has 0 radical (unpaired) electrons. The SMILES string of the molecule is C[C@@H](O[C@H]1CCN(C2CC[C@@H](NC(=O)O)C2)C[C@@H]1c1ccc(F)cc1)c1cc(C(F)(F)F)cc(C(F)(F)F)c1. The van der Waals surface area contributed by atoms with Crippen LogP contribution in [0, 0.1) is 5.82 Å². The van der Waals surface area contributed by atoms with E-state index < -0.39 is 47.6 Å². The average molecular weight is 563 g/mol. The largest absolute Gasteiger partial charge is 0.465 e. The number of piperidine rings is 1. The molecule has 39 heavy (non-hydrogen) atoms. The third-order valence-corrected chi connectivity index (χ3v) is 7.59. The highest BCUT2D eigenvalue weighted by atomic mass is 19.4. The number of benzene rings is 2. The average Bonchev–Trinajstić information content (AvgIpc) is 3.31. The van der Waals surface area contributed by atoms with E-state index in [0.29, 0.717) is 44.5 Å². The molecule has 4 rings (SSSR count). The Labute approximate surface area is 220 Å². The zero-order valence-corrected chi connectivity index (χ0v) is 21.0. The lowest BCUT2D eigenvalue weighted by Crippen LogP contribution is -2.47. The molecule has 0 bridgehead atoms. The van der Waals surface area contributed by atoms with Gasteiger partial charge in [0.2, 0.25) is 0 Å². The second-order valence-corrected chi connectivity index (χ2v) is 10.2. The number of carbonyl (C=O) groups is 1. The van der Waals surface area contributed by atoms with Gasteiger partial charge in [0.25, 0.3) is 0 Å². The van der Waals surface area contributed by atoms with Gasteiger partial charge in [-0.3, -0.25) is 4.90 Å². The first-order valence-corrected chi connectivity index (χ1v) is 12.6. The van der Waals surface area contributed by atoms with Gasteiger partial charge in [0, 0.05) is 31.1 Å². The molecule has 0 aromatic heterocycles. The summed E-state index contributed by atoms with van der Waals surface area (Å²) in [7, 11) is 0. The van der Waals surface area contributed by atoms with Crippen molar-refractivity contribution in [1.29, 1.82) is 0 Å². The molecule has 1 unspecified atom stereocenters. The normalized spacial score (nSPS) is 25.4. The van der Waals surface area contributed by atoms with Crippen LogP contribution in [0.25, 0.3) is 0 Å². The molecule has 5 atom stereocenters. The maximum Gasteiger partial charge on any atom is 0.416 e. The lowest BCUT2D eigenvalue weighted by Gasteiger charge is -2.42. The highest BCUT2D eigenvalue weighted by Gasteiger charge is 2.40.